The molecule has 3 rings (SSSR count). The number of aliphatic imine (C=N–C) groups is 1. The molecular formula is C19H29ClIN3O2. The third kappa shape index (κ3) is 5.63. The molecule has 1 aromatic carbocycles. The van der Waals surface area contributed by atoms with Crippen LogP contribution in [0.15, 0.2) is 29.3 Å². The summed E-state index contributed by atoms with van der Waals surface area (Å²) in [7, 11) is 0. The minimum Gasteiger partial charge on any atom is -0.489 e. The number of halogens is 2. The number of hydrogen-bond acceptors (Lipinski definition) is 3. The molecule has 2 heterocycles. The maximum Gasteiger partial charge on any atom is 0.194 e. The Balaban J connectivity index is 0.00000243. The van der Waals surface area contributed by atoms with Gasteiger partial charge in [-0.15, -0.1) is 24.0 Å². The van der Waals surface area contributed by atoms with Crippen molar-refractivity contribution in [3.8, 4) is 5.75 Å². The van der Waals surface area contributed by atoms with E-state index in [4.69, 9.17) is 26.1 Å². The first kappa shape index (κ1) is 21.6. The molecule has 0 saturated carbocycles. The van der Waals surface area contributed by atoms with E-state index in [2.05, 4.69) is 17.1 Å². The van der Waals surface area contributed by atoms with Crippen LogP contribution in [0.2, 0.25) is 5.02 Å². The zero-order valence-corrected chi connectivity index (χ0v) is 18.6. The molecule has 2 atom stereocenters. The third-order valence-corrected chi connectivity index (χ3v) is 5.16. The Morgan fingerprint density at radius 3 is 2.81 bits per heavy atom. The van der Waals surface area contributed by atoms with Crippen LogP contribution in [-0.2, 0) is 4.74 Å². The van der Waals surface area contributed by atoms with Gasteiger partial charge in [0.1, 0.15) is 11.9 Å². The lowest BCUT2D eigenvalue weighted by Crippen LogP contribution is -2.42. The van der Waals surface area contributed by atoms with E-state index in [1.165, 1.54) is 12.8 Å². The highest BCUT2D eigenvalue weighted by Crippen LogP contribution is 2.38. The Labute approximate surface area is 178 Å². The predicted molar refractivity (Wildman–Crippen MR) is 117 cm³/mol. The summed E-state index contributed by atoms with van der Waals surface area (Å²) < 4.78 is 11.5. The Kier molecular flexibility index (Phi) is 8.29. The predicted octanol–water partition coefficient (Wildman–Crippen LogP) is 3.80. The van der Waals surface area contributed by atoms with Crippen LogP contribution < -0.4 is 10.1 Å². The molecule has 0 bridgehead atoms. The van der Waals surface area contributed by atoms with Gasteiger partial charge in [0.15, 0.2) is 5.96 Å². The third-order valence-electron chi connectivity index (χ3n) is 4.91. The number of likely N-dealkylation sites (tertiary alicyclic amines) is 1. The SMILES string of the molecule is CCNC(=NCC(C)Oc1ccc(Cl)cc1)N1CCC2(CCOC2)C1.I. The van der Waals surface area contributed by atoms with Crippen molar-refractivity contribution in [2.45, 2.75) is 32.8 Å². The van der Waals surface area contributed by atoms with E-state index >= 15 is 0 Å². The summed E-state index contributed by atoms with van der Waals surface area (Å²) in [5.41, 5.74) is 0.335. The summed E-state index contributed by atoms with van der Waals surface area (Å²) in [5, 5.41) is 4.13. The molecule has 0 radical (unpaired) electrons. The summed E-state index contributed by atoms with van der Waals surface area (Å²) in [5.74, 6) is 1.80. The van der Waals surface area contributed by atoms with Crippen LogP contribution in [-0.4, -0.2) is 56.4 Å². The van der Waals surface area contributed by atoms with E-state index in [-0.39, 0.29) is 30.1 Å². The van der Waals surface area contributed by atoms with Crippen molar-refractivity contribution in [1.29, 1.82) is 0 Å². The maximum atomic E-state index is 5.92. The summed E-state index contributed by atoms with van der Waals surface area (Å²) in [6, 6.07) is 7.45. The standard InChI is InChI=1S/C19H28ClN3O2.HI/c1-3-21-18(23-10-8-19(13-23)9-11-24-14-19)22-12-15(2)25-17-6-4-16(20)5-7-17;/h4-7,15H,3,8-14H2,1-2H3,(H,21,22);1H. The van der Waals surface area contributed by atoms with Crippen LogP contribution in [0.4, 0.5) is 0 Å². The van der Waals surface area contributed by atoms with E-state index in [0.717, 1.165) is 44.6 Å². The van der Waals surface area contributed by atoms with Crippen molar-refractivity contribution in [2.75, 3.05) is 39.4 Å². The first-order valence-corrected chi connectivity index (χ1v) is 9.51. The van der Waals surface area contributed by atoms with Gasteiger partial charge in [-0.1, -0.05) is 11.6 Å². The second-order valence-corrected chi connectivity index (χ2v) is 7.49. The Morgan fingerprint density at radius 2 is 2.15 bits per heavy atom. The van der Waals surface area contributed by atoms with Gasteiger partial charge in [-0.3, -0.25) is 0 Å². The van der Waals surface area contributed by atoms with Crippen LogP contribution in [0, 0.1) is 5.41 Å². The molecule has 0 aliphatic carbocycles. The molecule has 2 aliphatic heterocycles. The number of guanidine groups is 1. The topological polar surface area (TPSA) is 46.1 Å². The molecule has 5 nitrogen and oxygen atoms in total. The van der Waals surface area contributed by atoms with E-state index in [1.54, 1.807) is 0 Å². The lowest BCUT2D eigenvalue weighted by Gasteiger charge is -2.25. The zero-order valence-electron chi connectivity index (χ0n) is 15.5. The number of rotatable bonds is 5. The minimum absolute atomic E-state index is 0. The molecule has 146 valence electrons. The normalized spacial score (nSPS) is 23.8. The van der Waals surface area contributed by atoms with Crippen molar-refractivity contribution in [2.24, 2.45) is 10.4 Å². The fourth-order valence-electron chi connectivity index (χ4n) is 3.51. The summed E-state index contributed by atoms with van der Waals surface area (Å²) in [6.07, 6.45) is 2.36. The number of benzene rings is 1. The molecule has 7 heteroatoms. The van der Waals surface area contributed by atoms with Gasteiger partial charge in [0.25, 0.3) is 0 Å². The average Bonchev–Trinajstić information content (AvgIpc) is 3.24. The van der Waals surface area contributed by atoms with Gasteiger partial charge in [0, 0.05) is 36.7 Å². The molecule has 26 heavy (non-hydrogen) atoms. The van der Waals surface area contributed by atoms with Crippen molar-refractivity contribution < 1.29 is 9.47 Å². The van der Waals surface area contributed by atoms with Gasteiger partial charge in [0.2, 0.25) is 0 Å². The van der Waals surface area contributed by atoms with Gasteiger partial charge in [-0.05, 0) is 51.0 Å². The Hall–Kier alpha value is -0.730. The van der Waals surface area contributed by atoms with Gasteiger partial charge < -0.3 is 19.7 Å². The van der Waals surface area contributed by atoms with Gasteiger partial charge in [-0.2, -0.15) is 0 Å². The smallest absolute Gasteiger partial charge is 0.194 e. The first-order chi connectivity index (χ1) is 12.1. The van der Waals surface area contributed by atoms with Crippen molar-refractivity contribution in [3.05, 3.63) is 29.3 Å². The highest BCUT2D eigenvalue weighted by Gasteiger charge is 2.42. The van der Waals surface area contributed by atoms with Crippen LogP contribution >= 0.6 is 35.6 Å². The lowest BCUT2D eigenvalue weighted by molar-refractivity contribution is 0.156. The second kappa shape index (κ2) is 9.99. The van der Waals surface area contributed by atoms with Crippen molar-refractivity contribution in [1.82, 2.24) is 10.2 Å². The Morgan fingerprint density at radius 1 is 1.38 bits per heavy atom. The molecule has 1 N–H and O–H groups in total. The molecule has 2 aliphatic rings. The molecule has 2 saturated heterocycles. The maximum absolute atomic E-state index is 5.92. The van der Waals surface area contributed by atoms with Crippen LogP contribution in [0.5, 0.6) is 5.75 Å². The number of nitrogens with one attached hydrogen (secondary N) is 1. The molecule has 2 unspecified atom stereocenters. The lowest BCUT2D eigenvalue weighted by atomic mass is 9.87. The molecule has 0 aromatic heterocycles. The van der Waals surface area contributed by atoms with Crippen LogP contribution in [0.25, 0.3) is 0 Å². The molecular weight excluding hydrogens is 465 g/mol. The van der Waals surface area contributed by atoms with Crippen molar-refractivity contribution in [3.63, 3.8) is 0 Å². The first-order valence-electron chi connectivity index (χ1n) is 9.13. The molecule has 1 spiro atoms. The van der Waals surface area contributed by atoms with Crippen LogP contribution in [0.3, 0.4) is 0 Å². The Bertz CT molecular complexity index is 591. The summed E-state index contributed by atoms with van der Waals surface area (Å²) in [4.78, 5) is 7.17. The van der Waals surface area contributed by atoms with E-state index in [9.17, 15) is 0 Å². The van der Waals surface area contributed by atoms with Gasteiger partial charge >= 0.3 is 0 Å². The fourth-order valence-corrected chi connectivity index (χ4v) is 3.64. The number of nitrogens with zero attached hydrogens (tertiary/aromatic N) is 2. The van der Waals surface area contributed by atoms with E-state index in [1.807, 2.05) is 31.2 Å². The van der Waals surface area contributed by atoms with E-state index in [0.29, 0.717) is 17.0 Å². The average molecular weight is 494 g/mol. The summed E-state index contributed by atoms with van der Waals surface area (Å²) >= 11 is 5.91. The number of hydrogen-bond donors (Lipinski definition) is 1. The highest BCUT2D eigenvalue weighted by molar-refractivity contribution is 14.0. The largest absolute Gasteiger partial charge is 0.489 e. The minimum atomic E-state index is 0. The monoisotopic (exact) mass is 493 g/mol. The quantitative estimate of drug-likeness (QED) is 0.385. The van der Waals surface area contributed by atoms with Gasteiger partial charge in [0.05, 0.1) is 13.2 Å². The van der Waals surface area contributed by atoms with Gasteiger partial charge in [-0.25, -0.2) is 4.99 Å². The second-order valence-electron chi connectivity index (χ2n) is 7.05. The van der Waals surface area contributed by atoms with E-state index < -0.39 is 0 Å². The molecule has 1 aromatic rings. The van der Waals surface area contributed by atoms with Crippen molar-refractivity contribution >= 4 is 41.5 Å². The number of ether oxygens (including phenoxy) is 2. The van der Waals surface area contributed by atoms with Crippen LogP contribution in [0.1, 0.15) is 26.7 Å². The zero-order chi connectivity index (χ0) is 17.7. The summed E-state index contributed by atoms with van der Waals surface area (Å²) in [6.45, 7) is 9.49. The molecule has 2 fully saturated rings. The molecule has 0 amide bonds. The highest BCUT2D eigenvalue weighted by atomic mass is 127. The fraction of sp³-hybridized carbons (Fsp3) is 0.632.